The molecule has 0 saturated carbocycles. The van der Waals surface area contributed by atoms with E-state index in [0.717, 1.165) is 38.2 Å². The second-order valence-corrected chi connectivity index (χ2v) is 7.24. The number of carbonyl (C=O) groups excluding carboxylic acids is 1. The van der Waals surface area contributed by atoms with E-state index in [0.29, 0.717) is 0 Å². The number of ether oxygens (including phenoxy) is 2. The quantitative estimate of drug-likeness (QED) is 0.406. The van der Waals surface area contributed by atoms with Crippen molar-refractivity contribution in [2.45, 2.75) is 25.4 Å². The molecule has 1 aliphatic rings. The molecule has 1 fully saturated rings. The molecule has 0 radical (unpaired) electrons. The Morgan fingerprint density at radius 2 is 1.87 bits per heavy atom. The number of methoxy groups -OCH3 is 2. The lowest BCUT2D eigenvalue weighted by atomic mass is 10.0. The van der Waals surface area contributed by atoms with Crippen molar-refractivity contribution >= 4 is 17.3 Å². The Hall–Kier alpha value is -3.33. The molecule has 160 valence electrons. The third kappa shape index (κ3) is 4.98. The van der Waals surface area contributed by atoms with Crippen LogP contribution >= 0.6 is 0 Å². The standard InChI is InChI=1S/C21H26N4O5/c1-29-16-5-3-14(4-6-16)13-24-9-7-15(8-10-24)23-21(26)17-11-19(25(27)28)18(22)12-20(17)30-2/h3-6,11-12,15H,7-10,13,22H2,1-2H3,(H,23,26). The number of nitrogens with zero attached hydrogens (tertiary/aromatic N) is 2. The Labute approximate surface area is 174 Å². The highest BCUT2D eigenvalue weighted by Gasteiger charge is 2.25. The lowest BCUT2D eigenvalue weighted by Crippen LogP contribution is -2.44. The van der Waals surface area contributed by atoms with Gasteiger partial charge in [-0.2, -0.15) is 0 Å². The van der Waals surface area contributed by atoms with Gasteiger partial charge in [-0.25, -0.2) is 0 Å². The highest BCUT2D eigenvalue weighted by Crippen LogP contribution is 2.30. The van der Waals surface area contributed by atoms with Gasteiger partial charge in [-0.1, -0.05) is 12.1 Å². The van der Waals surface area contributed by atoms with E-state index in [1.807, 2.05) is 24.3 Å². The van der Waals surface area contributed by atoms with Gasteiger partial charge in [0.2, 0.25) is 0 Å². The van der Waals surface area contributed by atoms with Crippen LogP contribution in [0, 0.1) is 10.1 Å². The summed E-state index contributed by atoms with van der Waals surface area (Å²) in [6, 6.07) is 10.5. The molecule has 2 aromatic rings. The number of nitro benzene ring substituents is 1. The Kier molecular flexibility index (Phi) is 6.73. The number of carbonyl (C=O) groups is 1. The average molecular weight is 414 g/mol. The zero-order chi connectivity index (χ0) is 21.7. The van der Waals surface area contributed by atoms with Crippen LogP contribution in [0.5, 0.6) is 11.5 Å². The Morgan fingerprint density at radius 3 is 2.43 bits per heavy atom. The minimum absolute atomic E-state index is 0.00840. The summed E-state index contributed by atoms with van der Waals surface area (Å²) in [5.74, 6) is 0.648. The van der Waals surface area contributed by atoms with Crippen LogP contribution in [0.4, 0.5) is 11.4 Å². The van der Waals surface area contributed by atoms with Crippen LogP contribution in [0.2, 0.25) is 0 Å². The summed E-state index contributed by atoms with van der Waals surface area (Å²) >= 11 is 0. The molecule has 0 aliphatic carbocycles. The van der Waals surface area contributed by atoms with E-state index >= 15 is 0 Å². The fourth-order valence-electron chi connectivity index (χ4n) is 3.58. The maximum atomic E-state index is 12.7. The summed E-state index contributed by atoms with van der Waals surface area (Å²) in [6.07, 6.45) is 1.59. The number of rotatable bonds is 7. The van der Waals surface area contributed by atoms with E-state index in [9.17, 15) is 14.9 Å². The van der Waals surface area contributed by atoms with Crippen molar-refractivity contribution in [3.8, 4) is 11.5 Å². The van der Waals surface area contributed by atoms with Crippen LogP contribution in [0.15, 0.2) is 36.4 Å². The molecule has 0 unspecified atom stereocenters. The summed E-state index contributed by atoms with van der Waals surface area (Å²) in [7, 11) is 3.04. The molecule has 1 aliphatic heterocycles. The summed E-state index contributed by atoms with van der Waals surface area (Å²) < 4.78 is 10.4. The number of piperidine rings is 1. The lowest BCUT2D eigenvalue weighted by molar-refractivity contribution is -0.383. The van der Waals surface area contributed by atoms with E-state index in [2.05, 4.69) is 10.2 Å². The summed E-state index contributed by atoms with van der Waals surface area (Å²) in [4.78, 5) is 25.6. The molecule has 1 amide bonds. The number of nitro groups is 1. The molecule has 9 heteroatoms. The number of hydrogen-bond acceptors (Lipinski definition) is 7. The van der Waals surface area contributed by atoms with Crippen LogP contribution < -0.4 is 20.5 Å². The van der Waals surface area contributed by atoms with Crippen LogP contribution in [0.1, 0.15) is 28.8 Å². The number of anilines is 1. The van der Waals surface area contributed by atoms with Crippen LogP contribution in [-0.4, -0.2) is 49.1 Å². The zero-order valence-corrected chi connectivity index (χ0v) is 17.1. The SMILES string of the molecule is COc1ccc(CN2CCC(NC(=O)c3cc([N+](=O)[O-])c(N)cc3OC)CC2)cc1. The lowest BCUT2D eigenvalue weighted by Gasteiger charge is -2.32. The van der Waals surface area contributed by atoms with Crippen molar-refractivity contribution < 1.29 is 19.2 Å². The molecule has 0 spiro atoms. The maximum absolute atomic E-state index is 12.7. The van der Waals surface area contributed by atoms with E-state index in [1.54, 1.807) is 7.11 Å². The smallest absolute Gasteiger partial charge is 0.293 e. The molecule has 3 rings (SSSR count). The highest BCUT2D eigenvalue weighted by molar-refractivity contribution is 5.98. The third-order valence-electron chi connectivity index (χ3n) is 5.28. The number of hydrogen-bond donors (Lipinski definition) is 2. The number of likely N-dealkylation sites (tertiary alicyclic amines) is 1. The number of amides is 1. The fourth-order valence-corrected chi connectivity index (χ4v) is 3.58. The number of nitrogens with one attached hydrogen (secondary N) is 1. The molecule has 0 bridgehead atoms. The van der Waals surface area contributed by atoms with Gasteiger partial charge in [0.15, 0.2) is 0 Å². The normalized spacial score (nSPS) is 14.9. The predicted molar refractivity (Wildman–Crippen MR) is 113 cm³/mol. The monoisotopic (exact) mass is 414 g/mol. The van der Waals surface area contributed by atoms with Crippen molar-refractivity contribution in [1.29, 1.82) is 0 Å². The van der Waals surface area contributed by atoms with E-state index < -0.39 is 10.8 Å². The molecule has 0 atom stereocenters. The molecule has 2 aromatic carbocycles. The Balaban J connectivity index is 1.58. The second-order valence-electron chi connectivity index (χ2n) is 7.24. The average Bonchev–Trinajstić information content (AvgIpc) is 2.75. The predicted octanol–water partition coefficient (Wildman–Crippen LogP) is 2.59. The van der Waals surface area contributed by atoms with Gasteiger partial charge in [-0.05, 0) is 30.5 Å². The van der Waals surface area contributed by atoms with Gasteiger partial charge < -0.3 is 20.5 Å². The first kappa shape index (κ1) is 21.4. The molecule has 30 heavy (non-hydrogen) atoms. The minimum atomic E-state index is -0.608. The van der Waals surface area contributed by atoms with Crippen LogP contribution in [-0.2, 0) is 6.54 Å². The third-order valence-corrected chi connectivity index (χ3v) is 5.28. The Bertz CT molecular complexity index is 908. The number of nitrogen functional groups attached to an aromatic ring is 1. The van der Waals surface area contributed by atoms with Crippen molar-refractivity contribution in [3.05, 3.63) is 57.6 Å². The second kappa shape index (κ2) is 9.45. The summed E-state index contributed by atoms with van der Waals surface area (Å²) in [5, 5.41) is 14.1. The van der Waals surface area contributed by atoms with Gasteiger partial charge >= 0.3 is 0 Å². The Morgan fingerprint density at radius 1 is 1.20 bits per heavy atom. The first-order valence-corrected chi connectivity index (χ1v) is 9.69. The molecular weight excluding hydrogens is 388 g/mol. The van der Waals surface area contributed by atoms with Crippen LogP contribution in [0.25, 0.3) is 0 Å². The molecule has 9 nitrogen and oxygen atoms in total. The molecule has 1 saturated heterocycles. The maximum Gasteiger partial charge on any atom is 0.293 e. The summed E-state index contributed by atoms with van der Waals surface area (Å²) in [6.45, 7) is 2.52. The zero-order valence-electron chi connectivity index (χ0n) is 17.1. The van der Waals surface area contributed by atoms with Gasteiger partial charge in [-0.15, -0.1) is 0 Å². The van der Waals surface area contributed by atoms with E-state index in [4.69, 9.17) is 15.2 Å². The summed E-state index contributed by atoms with van der Waals surface area (Å²) in [5.41, 5.74) is 6.64. The van der Waals surface area contributed by atoms with Crippen molar-refractivity contribution in [3.63, 3.8) is 0 Å². The van der Waals surface area contributed by atoms with Gasteiger partial charge in [0, 0.05) is 37.8 Å². The van der Waals surface area contributed by atoms with Gasteiger partial charge in [0.1, 0.15) is 17.2 Å². The number of benzene rings is 2. The molecule has 3 N–H and O–H groups in total. The highest BCUT2D eigenvalue weighted by atomic mass is 16.6. The van der Waals surface area contributed by atoms with Crippen molar-refractivity contribution in [2.75, 3.05) is 33.0 Å². The van der Waals surface area contributed by atoms with E-state index in [-0.39, 0.29) is 28.7 Å². The van der Waals surface area contributed by atoms with Crippen molar-refractivity contribution in [1.82, 2.24) is 10.2 Å². The van der Waals surface area contributed by atoms with Gasteiger partial charge in [0.25, 0.3) is 11.6 Å². The van der Waals surface area contributed by atoms with E-state index in [1.165, 1.54) is 24.8 Å². The fraction of sp³-hybridized carbons (Fsp3) is 0.381. The van der Waals surface area contributed by atoms with Gasteiger partial charge in [-0.3, -0.25) is 19.8 Å². The molecule has 0 aromatic heterocycles. The topological polar surface area (TPSA) is 120 Å². The molecular formula is C21H26N4O5. The number of nitrogens with two attached hydrogens (primary N) is 1. The van der Waals surface area contributed by atoms with Crippen LogP contribution in [0.3, 0.4) is 0 Å². The first-order chi connectivity index (χ1) is 14.4. The largest absolute Gasteiger partial charge is 0.497 e. The first-order valence-electron chi connectivity index (χ1n) is 9.69. The van der Waals surface area contributed by atoms with Gasteiger partial charge in [0.05, 0.1) is 24.7 Å². The molecule has 1 heterocycles. The minimum Gasteiger partial charge on any atom is -0.497 e. The van der Waals surface area contributed by atoms with Crippen molar-refractivity contribution in [2.24, 2.45) is 0 Å².